The van der Waals surface area contributed by atoms with E-state index in [4.69, 9.17) is 9.72 Å². The van der Waals surface area contributed by atoms with E-state index < -0.39 is 6.09 Å². The normalized spacial score (nSPS) is 17.8. The van der Waals surface area contributed by atoms with Gasteiger partial charge in [-0.2, -0.15) is 0 Å². The molecule has 2 fully saturated rings. The van der Waals surface area contributed by atoms with E-state index in [1.807, 2.05) is 16.5 Å². The lowest BCUT2D eigenvalue weighted by Gasteiger charge is -2.35. The molecule has 2 amide bonds. The van der Waals surface area contributed by atoms with Gasteiger partial charge in [0.05, 0.1) is 9.88 Å². The second-order valence-electron chi connectivity index (χ2n) is 9.49. The fourth-order valence-electron chi connectivity index (χ4n) is 4.72. The monoisotopic (exact) mass is 539 g/mol. The molecule has 0 spiro atoms. The molecule has 0 bridgehead atoms. The largest absolute Gasteiger partial charge is 0.414 e. The predicted octanol–water partition coefficient (Wildman–Crippen LogP) is 5.63. The highest BCUT2D eigenvalue weighted by Crippen LogP contribution is 2.45. The molecule has 37 heavy (non-hydrogen) atoms. The van der Waals surface area contributed by atoms with E-state index in [1.54, 1.807) is 23.5 Å². The molecule has 6 rings (SSSR count). The first-order valence-electron chi connectivity index (χ1n) is 12.4. The van der Waals surface area contributed by atoms with E-state index in [2.05, 4.69) is 10.3 Å². The number of aromatic nitrogens is 3. The number of nitrogens with one attached hydrogen (secondary N) is 1. The summed E-state index contributed by atoms with van der Waals surface area (Å²) in [7, 11) is 0. The molecular formula is C26H26FN5O3S2. The van der Waals surface area contributed by atoms with Gasteiger partial charge in [0, 0.05) is 36.6 Å². The summed E-state index contributed by atoms with van der Waals surface area (Å²) in [6, 6.07) is 6.04. The minimum atomic E-state index is -0.578. The number of likely N-dealkylation sites (tertiary alicyclic amines) is 1. The molecule has 8 nitrogen and oxygen atoms in total. The van der Waals surface area contributed by atoms with Gasteiger partial charge in [-0.3, -0.25) is 9.20 Å². The van der Waals surface area contributed by atoms with Gasteiger partial charge in [0.25, 0.3) is 5.91 Å². The van der Waals surface area contributed by atoms with Gasteiger partial charge in [0.2, 0.25) is 5.88 Å². The summed E-state index contributed by atoms with van der Waals surface area (Å²) in [5, 5.41) is 5.69. The van der Waals surface area contributed by atoms with Gasteiger partial charge in [-0.25, -0.2) is 19.2 Å². The Labute approximate surface area is 221 Å². The smallest absolute Gasteiger partial charge is 0.391 e. The number of imidazole rings is 1. The zero-order chi connectivity index (χ0) is 25.5. The minimum Gasteiger partial charge on any atom is -0.391 e. The summed E-state index contributed by atoms with van der Waals surface area (Å²) in [4.78, 5) is 39.0. The van der Waals surface area contributed by atoms with Crippen LogP contribution in [0.4, 0.5) is 9.18 Å². The molecule has 1 N–H and O–H groups in total. The maximum absolute atomic E-state index is 13.8. The fourth-order valence-corrected chi connectivity index (χ4v) is 6.70. The van der Waals surface area contributed by atoms with Crippen molar-refractivity contribution in [3.8, 4) is 16.3 Å². The Kier molecular flexibility index (Phi) is 6.41. The molecule has 1 saturated carbocycles. The third-order valence-corrected chi connectivity index (χ3v) is 8.84. The molecule has 1 atom stereocenters. The highest BCUT2D eigenvalue weighted by molar-refractivity contribution is 7.15. The van der Waals surface area contributed by atoms with Crippen molar-refractivity contribution in [2.75, 3.05) is 13.1 Å². The number of hydrogen-bond acceptors (Lipinski definition) is 7. The number of rotatable bonds is 6. The third kappa shape index (κ3) is 4.85. The first-order chi connectivity index (χ1) is 18.0. The van der Waals surface area contributed by atoms with Crippen LogP contribution >= 0.6 is 22.7 Å². The lowest BCUT2D eigenvalue weighted by Crippen LogP contribution is -2.50. The van der Waals surface area contributed by atoms with Crippen molar-refractivity contribution < 1.29 is 18.7 Å². The van der Waals surface area contributed by atoms with Gasteiger partial charge in [-0.1, -0.05) is 12.1 Å². The summed E-state index contributed by atoms with van der Waals surface area (Å²) < 4.78 is 20.9. The Morgan fingerprint density at radius 2 is 1.97 bits per heavy atom. The van der Waals surface area contributed by atoms with Crippen LogP contribution in [0, 0.1) is 12.7 Å². The van der Waals surface area contributed by atoms with Crippen molar-refractivity contribution in [2.24, 2.45) is 0 Å². The lowest BCUT2D eigenvalue weighted by molar-refractivity contribution is 0.0607. The standard InChI is InChI=1S/C26H26FN5O3S2/c1-15-24(32-12-13-36-25(32)29-15)35-26(34)28-14-19-4-2-3-11-31(19)23(33)20-21(16-7-9-18(27)10-8-16)37-22(30-20)17-5-6-17/h7-10,12-13,17,19H,2-6,11,14H2,1H3,(H,28,34)/t19-/m0/s1. The van der Waals surface area contributed by atoms with Crippen molar-refractivity contribution in [2.45, 2.75) is 51.0 Å². The molecule has 0 radical (unpaired) electrons. The number of carbonyl (C=O) groups is 2. The molecule has 0 unspecified atom stereocenters. The van der Waals surface area contributed by atoms with Crippen LogP contribution in [0.5, 0.6) is 5.88 Å². The van der Waals surface area contributed by atoms with Crippen LogP contribution < -0.4 is 10.1 Å². The van der Waals surface area contributed by atoms with Gasteiger partial charge in [0.1, 0.15) is 17.2 Å². The third-order valence-electron chi connectivity index (χ3n) is 6.82. The van der Waals surface area contributed by atoms with E-state index in [9.17, 15) is 14.0 Å². The maximum Gasteiger partial charge on any atom is 0.414 e. The Balaban J connectivity index is 1.19. The number of piperidine rings is 1. The van der Waals surface area contributed by atoms with Crippen LogP contribution in [0.2, 0.25) is 0 Å². The van der Waals surface area contributed by atoms with E-state index >= 15 is 0 Å². The molecule has 11 heteroatoms. The molecule has 1 saturated heterocycles. The summed E-state index contributed by atoms with van der Waals surface area (Å²) >= 11 is 2.99. The van der Waals surface area contributed by atoms with E-state index in [0.29, 0.717) is 29.7 Å². The van der Waals surface area contributed by atoms with Crippen molar-refractivity contribution in [1.82, 2.24) is 24.6 Å². The second-order valence-corrected chi connectivity index (χ2v) is 11.4. The summed E-state index contributed by atoms with van der Waals surface area (Å²) in [5.41, 5.74) is 1.85. The van der Waals surface area contributed by atoms with Crippen molar-refractivity contribution in [1.29, 1.82) is 0 Å². The first kappa shape index (κ1) is 24.1. The van der Waals surface area contributed by atoms with Crippen molar-refractivity contribution in [3.05, 3.63) is 58.1 Å². The molecule has 192 valence electrons. The first-order valence-corrected chi connectivity index (χ1v) is 14.1. The van der Waals surface area contributed by atoms with E-state index in [0.717, 1.165) is 52.5 Å². The number of carbonyl (C=O) groups excluding carboxylic acids is 2. The number of fused-ring (bicyclic) bond motifs is 1. The van der Waals surface area contributed by atoms with Gasteiger partial charge < -0.3 is 15.0 Å². The lowest BCUT2D eigenvalue weighted by atomic mass is 10.0. The van der Waals surface area contributed by atoms with Crippen LogP contribution in [-0.4, -0.2) is 50.4 Å². The number of ether oxygens (including phenoxy) is 1. The second kappa shape index (κ2) is 9.86. The van der Waals surface area contributed by atoms with Crippen LogP contribution in [0.15, 0.2) is 35.8 Å². The van der Waals surface area contributed by atoms with E-state index in [-0.39, 0.29) is 24.3 Å². The van der Waals surface area contributed by atoms with Crippen LogP contribution in [0.25, 0.3) is 15.4 Å². The Morgan fingerprint density at radius 1 is 1.16 bits per heavy atom. The average molecular weight is 540 g/mol. The molecule has 1 aliphatic heterocycles. The zero-order valence-corrected chi connectivity index (χ0v) is 21.9. The number of amides is 2. The zero-order valence-electron chi connectivity index (χ0n) is 20.3. The van der Waals surface area contributed by atoms with Crippen LogP contribution in [0.1, 0.15) is 59.2 Å². The van der Waals surface area contributed by atoms with Gasteiger partial charge >= 0.3 is 6.09 Å². The SMILES string of the molecule is Cc1nc2sccn2c1OC(=O)NC[C@@H]1CCCCN1C(=O)c1nc(C2CC2)sc1-c1ccc(F)cc1. The molecule has 2 aliphatic rings. The van der Waals surface area contributed by atoms with Crippen LogP contribution in [0.3, 0.4) is 0 Å². The molecule has 4 heterocycles. The fraction of sp³-hybridized carbons (Fsp3) is 0.385. The number of benzene rings is 1. The number of thiazole rings is 2. The van der Waals surface area contributed by atoms with Crippen LogP contribution in [-0.2, 0) is 0 Å². The summed E-state index contributed by atoms with van der Waals surface area (Å²) in [5.74, 6) is 0.336. The highest BCUT2D eigenvalue weighted by Gasteiger charge is 2.34. The molecular weight excluding hydrogens is 513 g/mol. The molecule has 3 aromatic heterocycles. The number of nitrogens with zero attached hydrogens (tertiary/aromatic N) is 4. The van der Waals surface area contributed by atoms with Gasteiger partial charge in [0.15, 0.2) is 4.96 Å². The Hall–Kier alpha value is -3.31. The van der Waals surface area contributed by atoms with Crippen molar-refractivity contribution in [3.63, 3.8) is 0 Å². The molecule has 1 aliphatic carbocycles. The Bertz CT molecular complexity index is 1460. The summed E-state index contributed by atoms with van der Waals surface area (Å²) in [6.07, 6.45) is 6.03. The van der Waals surface area contributed by atoms with Gasteiger partial charge in [-0.05, 0) is 56.7 Å². The van der Waals surface area contributed by atoms with E-state index in [1.165, 1.54) is 34.8 Å². The average Bonchev–Trinajstić information content (AvgIpc) is 3.38. The molecule has 1 aromatic carbocycles. The minimum absolute atomic E-state index is 0.144. The number of aryl methyl sites for hydroxylation is 1. The van der Waals surface area contributed by atoms with Gasteiger partial charge in [-0.15, -0.1) is 22.7 Å². The molecule has 4 aromatic rings. The maximum atomic E-state index is 13.8. The number of halogens is 1. The number of hydrogen-bond donors (Lipinski definition) is 1. The quantitative estimate of drug-likeness (QED) is 0.343. The topological polar surface area (TPSA) is 88.8 Å². The highest BCUT2D eigenvalue weighted by atomic mass is 32.1. The summed E-state index contributed by atoms with van der Waals surface area (Å²) in [6.45, 7) is 2.67. The Morgan fingerprint density at radius 3 is 2.76 bits per heavy atom. The van der Waals surface area contributed by atoms with Crippen molar-refractivity contribution >= 4 is 39.6 Å². The predicted molar refractivity (Wildman–Crippen MR) is 140 cm³/mol.